The summed E-state index contributed by atoms with van der Waals surface area (Å²) in [5.74, 6) is -0.419. The molecular formula is C14H15ClFN2OS+. The number of thiophene rings is 1. The molecule has 2 N–H and O–H groups in total. The number of amides is 1. The second kappa shape index (κ2) is 6.83. The molecule has 0 aliphatic rings. The van der Waals surface area contributed by atoms with Crippen molar-refractivity contribution in [1.29, 1.82) is 0 Å². The molecule has 3 nitrogen and oxygen atoms in total. The number of hydrogen-bond donors (Lipinski definition) is 2. The fourth-order valence-corrected chi connectivity index (χ4v) is 3.02. The molecule has 1 aromatic carbocycles. The van der Waals surface area contributed by atoms with E-state index < -0.39 is 0 Å². The van der Waals surface area contributed by atoms with Crippen molar-refractivity contribution >= 4 is 34.5 Å². The molecule has 0 saturated heterocycles. The Kier molecular flexibility index (Phi) is 5.11. The smallest absolute Gasteiger partial charge is 0.279 e. The number of rotatable bonds is 5. The van der Waals surface area contributed by atoms with Crippen molar-refractivity contribution in [2.75, 3.05) is 18.9 Å². The Balaban J connectivity index is 1.83. The van der Waals surface area contributed by atoms with E-state index in [9.17, 15) is 9.18 Å². The Morgan fingerprint density at radius 3 is 2.60 bits per heavy atom. The predicted octanol–water partition coefficient (Wildman–Crippen LogP) is 2.19. The second-order valence-corrected chi connectivity index (χ2v) is 6.37. The number of quaternary nitrogens is 1. The quantitative estimate of drug-likeness (QED) is 0.872. The summed E-state index contributed by atoms with van der Waals surface area (Å²) in [6.45, 7) is 1.08. The van der Waals surface area contributed by atoms with Crippen molar-refractivity contribution < 1.29 is 14.1 Å². The highest BCUT2D eigenvalue weighted by Crippen LogP contribution is 2.20. The van der Waals surface area contributed by atoms with Crippen LogP contribution in [0.2, 0.25) is 4.34 Å². The summed E-state index contributed by atoms with van der Waals surface area (Å²) in [6, 6.07) is 9.55. The largest absolute Gasteiger partial charge is 0.325 e. The third kappa shape index (κ3) is 4.59. The van der Waals surface area contributed by atoms with Crippen LogP contribution in [0.5, 0.6) is 0 Å². The van der Waals surface area contributed by atoms with Crippen LogP contribution in [0, 0.1) is 5.82 Å². The van der Waals surface area contributed by atoms with Gasteiger partial charge in [0, 0.05) is 5.69 Å². The molecule has 1 amide bonds. The number of hydrogen-bond acceptors (Lipinski definition) is 2. The van der Waals surface area contributed by atoms with Gasteiger partial charge in [-0.2, -0.15) is 0 Å². The fraction of sp³-hybridized carbons (Fsp3) is 0.214. The van der Waals surface area contributed by atoms with Crippen LogP contribution in [0.15, 0.2) is 36.4 Å². The molecule has 1 aromatic heterocycles. The highest BCUT2D eigenvalue weighted by Gasteiger charge is 2.12. The number of halogens is 2. The highest BCUT2D eigenvalue weighted by molar-refractivity contribution is 7.16. The van der Waals surface area contributed by atoms with Crippen molar-refractivity contribution in [3.05, 3.63) is 51.4 Å². The Labute approximate surface area is 126 Å². The first-order valence-corrected chi connectivity index (χ1v) is 7.33. The summed E-state index contributed by atoms with van der Waals surface area (Å²) < 4.78 is 13.5. The standard InChI is InChI=1S/C14H14ClFN2OS/c1-18(8-12-6-7-13(15)20-12)9-14(19)17-11-4-2-10(16)3-5-11/h2-7H,8-9H2,1H3,(H,17,19)/p+1. The van der Waals surface area contributed by atoms with Gasteiger partial charge >= 0.3 is 0 Å². The molecule has 1 unspecified atom stereocenters. The Morgan fingerprint density at radius 1 is 1.30 bits per heavy atom. The molecule has 1 heterocycles. The van der Waals surface area contributed by atoms with Gasteiger partial charge in [0.1, 0.15) is 12.4 Å². The van der Waals surface area contributed by atoms with Gasteiger partial charge in [0.05, 0.1) is 16.3 Å². The summed E-state index contributed by atoms with van der Waals surface area (Å²) in [5.41, 5.74) is 0.600. The van der Waals surface area contributed by atoms with Crippen LogP contribution >= 0.6 is 22.9 Å². The van der Waals surface area contributed by atoms with E-state index in [0.717, 1.165) is 20.7 Å². The molecule has 0 aliphatic carbocycles. The number of benzene rings is 1. The predicted molar refractivity (Wildman–Crippen MR) is 79.8 cm³/mol. The topological polar surface area (TPSA) is 33.5 Å². The summed E-state index contributed by atoms with van der Waals surface area (Å²) in [5, 5.41) is 2.74. The van der Waals surface area contributed by atoms with Gasteiger partial charge < -0.3 is 10.2 Å². The molecule has 20 heavy (non-hydrogen) atoms. The minimum atomic E-state index is -0.319. The monoisotopic (exact) mass is 313 g/mol. The van der Waals surface area contributed by atoms with Gasteiger partial charge in [-0.1, -0.05) is 11.6 Å². The van der Waals surface area contributed by atoms with E-state index in [1.54, 1.807) is 12.1 Å². The van der Waals surface area contributed by atoms with Crippen LogP contribution < -0.4 is 10.2 Å². The molecule has 0 spiro atoms. The molecule has 2 aromatic rings. The van der Waals surface area contributed by atoms with E-state index in [1.165, 1.54) is 23.5 Å². The van der Waals surface area contributed by atoms with E-state index in [-0.39, 0.29) is 11.7 Å². The van der Waals surface area contributed by atoms with E-state index in [2.05, 4.69) is 5.32 Å². The second-order valence-electron chi connectivity index (χ2n) is 4.57. The maximum Gasteiger partial charge on any atom is 0.279 e. The molecule has 0 fully saturated rings. The zero-order chi connectivity index (χ0) is 14.5. The Hall–Kier alpha value is -1.43. The third-order valence-corrected chi connectivity index (χ3v) is 3.93. The maximum atomic E-state index is 12.8. The zero-order valence-corrected chi connectivity index (χ0v) is 12.5. The molecule has 0 bridgehead atoms. The van der Waals surface area contributed by atoms with Gasteiger partial charge in [0.15, 0.2) is 6.54 Å². The summed E-state index contributed by atoms with van der Waals surface area (Å²) in [7, 11) is 1.94. The van der Waals surface area contributed by atoms with Crippen LogP contribution in [0.25, 0.3) is 0 Å². The van der Waals surface area contributed by atoms with E-state index in [4.69, 9.17) is 11.6 Å². The zero-order valence-electron chi connectivity index (χ0n) is 11.0. The molecular weight excluding hydrogens is 299 g/mol. The molecule has 0 radical (unpaired) electrons. The first kappa shape index (κ1) is 15.0. The molecule has 6 heteroatoms. The van der Waals surface area contributed by atoms with Crippen LogP contribution in [0.4, 0.5) is 10.1 Å². The van der Waals surface area contributed by atoms with Crippen molar-refractivity contribution in [2.45, 2.75) is 6.54 Å². The van der Waals surface area contributed by atoms with Gasteiger partial charge in [0.25, 0.3) is 5.91 Å². The SMILES string of the molecule is C[NH+](CC(=O)Nc1ccc(F)cc1)Cc1ccc(Cl)s1. The molecule has 0 aliphatic heterocycles. The lowest BCUT2D eigenvalue weighted by Crippen LogP contribution is -3.08. The van der Waals surface area contributed by atoms with E-state index in [1.807, 2.05) is 19.2 Å². The van der Waals surface area contributed by atoms with Gasteiger partial charge in [-0.15, -0.1) is 11.3 Å². The number of nitrogens with one attached hydrogen (secondary N) is 2. The van der Waals surface area contributed by atoms with E-state index in [0.29, 0.717) is 12.2 Å². The molecule has 106 valence electrons. The molecule has 1 atom stereocenters. The minimum absolute atomic E-state index is 0.100. The molecule has 0 saturated carbocycles. The Bertz CT molecular complexity index is 585. The highest BCUT2D eigenvalue weighted by atomic mass is 35.5. The maximum absolute atomic E-state index is 12.8. The van der Waals surface area contributed by atoms with Crippen molar-refractivity contribution in [1.82, 2.24) is 0 Å². The average Bonchev–Trinajstić information content (AvgIpc) is 2.77. The van der Waals surface area contributed by atoms with Crippen molar-refractivity contribution in [3.8, 4) is 0 Å². The van der Waals surface area contributed by atoms with Crippen LogP contribution in [0.1, 0.15) is 4.88 Å². The van der Waals surface area contributed by atoms with Crippen molar-refractivity contribution in [3.63, 3.8) is 0 Å². The summed E-state index contributed by atoms with van der Waals surface area (Å²) in [6.07, 6.45) is 0. The minimum Gasteiger partial charge on any atom is -0.325 e. The average molecular weight is 314 g/mol. The van der Waals surface area contributed by atoms with Crippen molar-refractivity contribution in [2.24, 2.45) is 0 Å². The Morgan fingerprint density at radius 2 is 2.00 bits per heavy atom. The summed E-state index contributed by atoms with van der Waals surface area (Å²) in [4.78, 5) is 14.1. The lowest BCUT2D eigenvalue weighted by atomic mass is 10.3. The molecule has 2 rings (SSSR count). The number of carbonyl (C=O) groups is 1. The lowest BCUT2D eigenvalue weighted by Gasteiger charge is -2.12. The van der Waals surface area contributed by atoms with Gasteiger partial charge in [0.2, 0.25) is 0 Å². The number of likely N-dealkylation sites (N-methyl/N-ethyl adjacent to an activating group) is 1. The number of carbonyl (C=O) groups excluding carboxylic acids is 1. The van der Waals surface area contributed by atoms with Crippen LogP contribution in [0.3, 0.4) is 0 Å². The van der Waals surface area contributed by atoms with Crippen LogP contribution in [-0.4, -0.2) is 19.5 Å². The van der Waals surface area contributed by atoms with E-state index >= 15 is 0 Å². The lowest BCUT2D eigenvalue weighted by molar-refractivity contribution is -0.884. The first-order chi connectivity index (χ1) is 9.52. The fourth-order valence-electron chi connectivity index (χ4n) is 1.82. The first-order valence-electron chi connectivity index (χ1n) is 6.14. The summed E-state index contributed by atoms with van der Waals surface area (Å²) >= 11 is 7.39. The van der Waals surface area contributed by atoms with Gasteiger partial charge in [-0.3, -0.25) is 4.79 Å². The van der Waals surface area contributed by atoms with Gasteiger partial charge in [-0.25, -0.2) is 4.39 Å². The third-order valence-electron chi connectivity index (χ3n) is 2.70. The van der Waals surface area contributed by atoms with Crippen LogP contribution in [-0.2, 0) is 11.3 Å². The normalized spacial score (nSPS) is 12.2. The number of anilines is 1. The van der Waals surface area contributed by atoms with Gasteiger partial charge in [-0.05, 0) is 36.4 Å².